The quantitative estimate of drug-likeness (QED) is 0.874. The number of nitrogens with one attached hydrogen (secondary N) is 1. The predicted molar refractivity (Wildman–Crippen MR) is 67.8 cm³/mol. The highest BCUT2D eigenvalue weighted by Crippen LogP contribution is 2.25. The van der Waals surface area contributed by atoms with Crippen molar-refractivity contribution in [1.29, 1.82) is 5.26 Å². The molecule has 0 aliphatic heterocycles. The molecule has 1 rings (SSSR count). The van der Waals surface area contributed by atoms with Crippen molar-refractivity contribution in [2.24, 2.45) is 0 Å². The van der Waals surface area contributed by atoms with Crippen LogP contribution in [0.5, 0.6) is 0 Å². The van der Waals surface area contributed by atoms with Crippen LogP contribution in [0.25, 0.3) is 0 Å². The first-order valence-electron chi connectivity index (χ1n) is 4.57. The lowest BCUT2D eigenvalue weighted by Crippen LogP contribution is -2.28. The zero-order valence-corrected chi connectivity index (χ0v) is 11.7. The van der Waals surface area contributed by atoms with Gasteiger partial charge in [-0.05, 0) is 0 Å². The molecule has 0 saturated heterocycles. The van der Waals surface area contributed by atoms with Gasteiger partial charge in [0.15, 0.2) is 10.3 Å². The summed E-state index contributed by atoms with van der Waals surface area (Å²) in [7, 11) is -0.276. The van der Waals surface area contributed by atoms with E-state index in [1.54, 1.807) is 0 Å². The zero-order valence-electron chi connectivity index (χ0n) is 9.27. The number of halogens is 1. The van der Waals surface area contributed by atoms with E-state index in [0.717, 1.165) is 15.6 Å². The van der Waals surface area contributed by atoms with E-state index < -0.39 is 10.0 Å². The highest BCUT2D eigenvalue weighted by molar-refractivity contribution is 7.89. The maximum atomic E-state index is 11.4. The summed E-state index contributed by atoms with van der Waals surface area (Å²) in [5.74, 6) is -0.0426. The van der Waals surface area contributed by atoms with Gasteiger partial charge in [-0.25, -0.2) is 17.7 Å². The molecule has 0 aliphatic rings. The molecule has 1 heterocycles. The number of hydrogen-bond acceptors (Lipinski definition) is 6. The van der Waals surface area contributed by atoms with Crippen molar-refractivity contribution in [1.82, 2.24) is 9.29 Å². The second-order valence-corrected chi connectivity index (χ2v) is 6.94. The molecule has 0 aromatic carbocycles. The van der Waals surface area contributed by atoms with Gasteiger partial charge >= 0.3 is 0 Å². The minimum Gasteiger partial charge on any atom is -0.360 e. The fraction of sp³-hybridized carbons (Fsp3) is 0.500. The lowest BCUT2D eigenvalue weighted by molar-refractivity contribution is 0.521. The Morgan fingerprint density at radius 3 is 2.71 bits per heavy atom. The molecule has 1 N–H and O–H groups in total. The summed E-state index contributed by atoms with van der Waals surface area (Å²) in [6.07, 6.45) is 0. The molecule has 0 bridgehead atoms. The van der Waals surface area contributed by atoms with Crippen molar-refractivity contribution in [2.75, 3.05) is 31.7 Å². The molecular weight excluding hydrogens is 284 g/mol. The van der Waals surface area contributed by atoms with E-state index >= 15 is 0 Å². The predicted octanol–water partition coefficient (Wildman–Crippen LogP) is 0.971. The maximum absolute atomic E-state index is 11.4. The first-order valence-corrected chi connectivity index (χ1v) is 7.37. The number of hydrogen-bond donors (Lipinski definition) is 1. The molecule has 9 heteroatoms. The van der Waals surface area contributed by atoms with Gasteiger partial charge in [-0.1, -0.05) is 22.9 Å². The third kappa shape index (κ3) is 3.81. The highest BCUT2D eigenvalue weighted by Gasteiger charge is 2.14. The van der Waals surface area contributed by atoms with Gasteiger partial charge in [-0.2, -0.15) is 5.26 Å². The Kier molecular flexibility index (Phi) is 4.70. The number of rotatable bonds is 5. The monoisotopic (exact) mass is 294 g/mol. The van der Waals surface area contributed by atoms with E-state index in [2.05, 4.69) is 10.3 Å². The first kappa shape index (κ1) is 14.2. The molecule has 6 nitrogen and oxygen atoms in total. The van der Waals surface area contributed by atoms with Crippen LogP contribution in [0.15, 0.2) is 0 Å². The summed E-state index contributed by atoms with van der Waals surface area (Å²) in [6.45, 7) is 0.217. The molecule has 94 valence electrons. The van der Waals surface area contributed by atoms with Crippen LogP contribution in [-0.4, -0.2) is 44.1 Å². The Morgan fingerprint density at radius 1 is 1.59 bits per heavy atom. The average molecular weight is 295 g/mol. The lowest BCUT2D eigenvalue weighted by Gasteiger charge is -2.10. The van der Waals surface area contributed by atoms with Crippen LogP contribution in [0.4, 0.5) is 5.13 Å². The molecule has 1 aromatic heterocycles. The van der Waals surface area contributed by atoms with E-state index in [1.165, 1.54) is 14.1 Å². The van der Waals surface area contributed by atoms with Crippen LogP contribution >= 0.6 is 22.9 Å². The first-order chi connectivity index (χ1) is 7.86. The molecule has 1 aromatic rings. The molecule has 17 heavy (non-hydrogen) atoms. The Morgan fingerprint density at radius 2 is 2.24 bits per heavy atom. The van der Waals surface area contributed by atoms with Gasteiger partial charge in [0.05, 0.1) is 5.75 Å². The summed E-state index contributed by atoms with van der Waals surface area (Å²) in [4.78, 5) is 4.20. The minimum atomic E-state index is -3.23. The van der Waals surface area contributed by atoms with Crippen LogP contribution in [0, 0.1) is 11.3 Å². The van der Waals surface area contributed by atoms with E-state index in [4.69, 9.17) is 16.9 Å². The number of anilines is 1. The molecule has 0 atom stereocenters. The normalized spacial score (nSPS) is 11.5. The van der Waals surface area contributed by atoms with E-state index in [0.29, 0.717) is 10.0 Å². The highest BCUT2D eigenvalue weighted by atomic mass is 35.5. The van der Waals surface area contributed by atoms with Gasteiger partial charge < -0.3 is 5.32 Å². The topological polar surface area (TPSA) is 86.1 Å². The molecule has 0 aliphatic carbocycles. The number of aromatic nitrogens is 1. The lowest BCUT2D eigenvalue weighted by atomic mass is 10.6. The largest absolute Gasteiger partial charge is 0.360 e. The smallest absolute Gasteiger partial charge is 0.215 e. The maximum Gasteiger partial charge on any atom is 0.215 e. The van der Waals surface area contributed by atoms with Gasteiger partial charge in [0.1, 0.15) is 10.9 Å². The van der Waals surface area contributed by atoms with Crippen molar-refractivity contribution in [3.8, 4) is 6.07 Å². The number of nitriles is 1. The van der Waals surface area contributed by atoms with Crippen molar-refractivity contribution >= 4 is 38.1 Å². The Bertz CT molecular complexity index is 532. The van der Waals surface area contributed by atoms with Crippen molar-refractivity contribution in [3.05, 3.63) is 10.0 Å². The summed E-state index contributed by atoms with van der Waals surface area (Å²) in [6, 6.07) is 1.90. The molecule has 0 saturated carbocycles. The number of sulfonamides is 1. The molecular formula is C8H11ClN4O2S2. The SMILES string of the molecule is CN(C)S(=O)(=O)CCNc1nc(Cl)c(C#N)s1. The summed E-state index contributed by atoms with van der Waals surface area (Å²) >= 11 is 6.77. The van der Waals surface area contributed by atoms with Gasteiger partial charge in [0.2, 0.25) is 10.0 Å². The van der Waals surface area contributed by atoms with Crippen molar-refractivity contribution in [3.63, 3.8) is 0 Å². The fourth-order valence-electron chi connectivity index (χ4n) is 0.916. The minimum absolute atomic E-state index is 0.0426. The summed E-state index contributed by atoms with van der Waals surface area (Å²) < 4.78 is 24.0. The van der Waals surface area contributed by atoms with Gasteiger partial charge in [-0.15, -0.1) is 0 Å². The average Bonchev–Trinajstić information content (AvgIpc) is 2.58. The second kappa shape index (κ2) is 5.64. The van der Waals surface area contributed by atoms with Gasteiger partial charge in [-0.3, -0.25) is 0 Å². The molecule has 0 spiro atoms. The van der Waals surface area contributed by atoms with Crippen LogP contribution < -0.4 is 5.32 Å². The van der Waals surface area contributed by atoms with E-state index in [1.807, 2.05) is 6.07 Å². The van der Waals surface area contributed by atoms with E-state index in [9.17, 15) is 8.42 Å². The van der Waals surface area contributed by atoms with Crippen LogP contribution in [0.1, 0.15) is 4.88 Å². The van der Waals surface area contributed by atoms with Gasteiger partial charge in [0.25, 0.3) is 0 Å². The molecule has 0 radical (unpaired) electrons. The van der Waals surface area contributed by atoms with Crippen molar-refractivity contribution in [2.45, 2.75) is 0 Å². The van der Waals surface area contributed by atoms with Crippen molar-refractivity contribution < 1.29 is 8.42 Å². The Balaban J connectivity index is 2.55. The zero-order chi connectivity index (χ0) is 13.1. The van der Waals surface area contributed by atoms with Crippen LogP contribution in [0.3, 0.4) is 0 Å². The van der Waals surface area contributed by atoms with E-state index in [-0.39, 0.29) is 17.5 Å². The Labute approximate surface area is 109 Å². The number of nitrogens with zero attached hydrogens (tertiary/aromatic N) is 3. The standard InChI is InChI=1S/C8H11ClN4O2S2/c1-13(2)17(14,15)4-3-11-8-12-7(9)6(5-10)16-8/h3-4H2,1-2H3,(H,11,12). The second-order valence-electron chi connectivity index (χ2n) is 3.28. The third-order valence-electron chi connectivity index (χ3n) is 1.88. The van der Waals surface area contributed by atoms with Gasteiger partial charge in [0, 0.05) is 20.6 Å². The summed E-state index contributed by atoms with van der Waals surface area (Å²) in [5.41, 5.74) is 0. The number of thiazole rings is 1. The summed E-state index contributed by atoms with van der Waals surface area (Å²) in [5, 5.41) is 12.1. The Hall–Kier alpha value is -0.880. The molecule has 0 fully saturated rings. The van der Waals surface area contributed by atoms with Crippen LogP contribution in [0.2, 0.25) is 5.15 Å². The molecule has 0 amide bonds. The molecule has 0 unspecified atom stereocenters. The third-order valence-corrected chi connectivity index (χ3v) is 5.02. The van der Waals surface area contributed by atoms with Crippen LogP contribution in [-0.2, 0) is 10.0 Å². The fourth-order valence-corrected chi connectivity index (χ4v) is 2.61.